The lowest BCUT2D eigenvalue weighted by molar-refractivity contribution is 0.319. The Bertz CT molecular complexity index is 300. The molecule has 1 aromatic rings. The van der Waals surface area contributed by atoms with Crippen molar-refractivity contribution in [1.29, 1.82) is 0 Å². The van der Waals surface area contributed by atoms with Crippen LogP contribution in [0.2, 0.25) is 0 Å². The van der Waals surface area contributed by atoms with Crippen LogP contribution in [0.25, 0.3) is 0 Å². The third-order valence-electron chi connectivity index (χ3n) is 1.34. The maximum atomic E-state index is 8.47. The molecule has 0 aliphatic rings. The summed E-state index contributed by atoms with van der Waals surface area (Å²) in [6.07, 6.45) is 3.54. The molecule has 0 bridgehead atoms. The number of hydrogen-bond donors (Lipinski definition) is 1. The van der Waals surface area contributed by atoms with E-state index >= 15 is 0 Å². The second-order valence-electron chi connectivity index (χ2n) is 2.11. The van der Waals surface area contributed by atoms with Crippen LogP contribution in [0, 0.1) is 0 Å². The van der Waals surface area contributed by atoms with Crippen LogP contribution in [0.5, 0.6) is 0 Å². The van der Waals surface area contributed by atoms with Gasteiger partial charge in [-0.25, -0.2) is 9.97 Å². The molecule has 0 amide bonds. The van der Waals surface area contributed by atoms with Crippen molar-refractivity contribution in [3.05, 3.63) is 18.0 Å². The van der Waals surface area contributed by atoms with E-state index in [0.29, 0.717) is 16.6 Å². The Morgan fingerprint density at radius 2 is 2.42 bits per heavy atom. The summed E-state index contributed by atoms with van der Waals surface area (Å²) in [4.78, 5) is 8.11. The summed E-state index contributed by atoms with van der Waals surface area (Å²) in [6, 6.07) is 1.70. The van der Waals surface area contributed by atoms with Gasteiger partial charge in [-0.1, -0.05) is 16.9 Å². The Kier molecular flexibility index (Phi) is 3.04. The van der Waals surface area contributed by atoms with Gasteiger partial charge in [0.25, 0.3) is 0 Å². The molecule has 1 N–H and O–H groups in total. The predicted molar refractivity (Wildman–Crippen MR) is 47.8 cm³/mol. The molecule has 1 aromatic heterocycles. The van der Waals surface area contributed by atoms with Gasteiger partial charge in [-0.05, 0) is 19.2 Å². The van der Waals surface area contributed by atoms with Crippen molar-refractivity contribution in [3.63, 3.8) is 0 Å². The molecule has 0 saturated heterocycles. The highest BCUT2D eigenvalue weighted by atomic mass is 32.2. The lowest BCUT2D eigenvalue weighted by atomic mass is 10.3. The molecule has 0 unspecified atom stereocenters. The third-order valence-corrected chi connectivity index (χ3v) is 1.90. The fourth-order valence-electron chi connectivity index (χ4n) is 0.692. The summed E-state index contributed by atoms with van der Waals surface area (Å²) in [5.74, 6) is 0. The van der Waals surface area contributed by atoms with Gasteiger partial charge in [-0.15, -0.1) is 0 Å². The molecular formula is C7H9N3OS. The van der Waals surface area contributed by atoms with Gasteiger partial charge in [0.1, 0.15) is 5.71 Å². The maximum absolute atomic E-state index is 8.47. The maximum Gasteiger partial charge on any atom is 0.187 e. The number of aromatic nitrogens is 2. The van der Waals surface area contributed by atoms with Crippen LogP contribution in [-0.2, 0) is 0 Å². The van der Waals surface area contributed by atoms with Crippen molar-refractivity contribution >= 4 is 17.5 Å². The van der Waals surface area contributed by atoms with Crippen LogP contribution in [0.15, 0.2) is 22.6 Å². The molecule has 64 valence electrons. The molecular weight excluding hydrogens is 174 g/mol. The number of rotatable bonds is 2. The standard InChI is InChI=1S/C7H9N3OS/c1-5(10-11)6-3-4-8-7(9-6)12-2/h3-4,11H,1-2H3. The van der Waals surface area contributed by atoms with E-state index in [9.17, 15) is 0 Å². The molecule has 1 heterocycles. The zero-order valence-corrected chi connectivity index (χ0v) is 7.67. The second kappa shape index (κ2) is 4.06. The monoisotopic (exact) mass is 183 g/mol. The Balaban J connectivity index is 3.02. The first-order valence-electron chi connectivity index (χ1n) is 3.34. The molecule has 0 atom stereocenters. The van der Waals surface area contributed by atoms with Gasteiger partial charge < -0.3 is 5.21 Å². The third kappa shape index (κ3) is 1.94. The van der Waals surface area contributed by atoms with Crippen molar-refractivity contribution in [2.24, 2.45) is 5.16 Å². The largest absolute Gasteiger partial charge is 0.411 e. The number of oxime groups is 1. The molecule has 0 saturated carbocycles. The normalized spacial score (nSPS) is 11.7. The van der Waals surface area contributed by atoms with E-state index in [2.05, 4.69) is 15.1 Å². The van der Waals surface area contributed by atoms with Gasteiger partial charge in [0.2, 0.25) is 0 Å². The van der Waals surface area contributed by atoms with Crippen LogP contribution < -0.4 is 0 Å². The summed E-state index contributed by atoms with van der Waals surface area (Å²) in [5.41, 5.74) is 1.14. The Morgan fingerprint density at radius 3 is 3.00 bits per heavy atom. The van der Waals surface area contributed by atoms with Gasteiger partial charge in [-0.3, -0.25) is 0 Å². The Hall–Kier alpha value is -1.10. The van der Waals surface area contributed by atoms with Crippen LogP contribution >= 0.6 is 11.8 Å². The molecule has 0 aromatic carbocycles. The zero-order chi connectivity index (χ0) is 8.97. The van der Waals surface area contributed by atoms with Crippen LogP contribution in [0.4, 0.5) is 0 Å². The van der Waals surface area contributed by atoms with Crippen molar-refractivity contribution in [3.8, 4) is 0 Å². The topological polar surface area (TPSA) is 58.4 Å². The van der Waals surface area contributed by atoms with Crippen LogP contribution in [0.1, 0.15) is 12.6 Å². The number of thioether (sulfide) groups is 1. The van der Waals surface area contributed by atoms with E-state index in [4.69, 9.17) is 5.21 Å². The average Bonchev–Trinajstić information content (AvgIpc) is 2.17. The molecule has 12 heavy (non-hydrogen) atoms. The smallest absolute Gasteiger partial charge is 0.187 e. The lowest BCUT2D eigenvalue weighted by Crippen LogP contribution is -2.00. The quantitative estimate of drug-likeness (QED) is 0.247. The van der Waals surface area contributed by atoms with E-state index < -0.39 is 0 Å². The number of nitrogens with zero attached hydrogens (tertiary/aromatic N) is 3. The molecule has 0 aliphatic carbocycles. The second-order valence-corrected chi connectivity index (χ2v) is 2.89. The van der Waals surface area contributed by atoms with E-state index in [0.717, 1.165) is 0 Å². The van der Waals surface area contributed by atoms with Crippen LogP contribution in [0.3, 0.4) is 0 Å². The minimum Gasteiger partial charge on any atom is -0.411 e. The molecule has 5 heteroatoms. The Labute approximate surface area is 74.7 Å². The fraction of sp³-hybridized carbons (Fsp3) is 0.286. The van der Waals surface area contributed by atoms with Gasteiger partial charge in [0.15, 0.2) is 5.16 Å². The van der Waals surface area contributed by atoms with E-state index in [1.54, 1.807) is 19.2 Å². The molecule has 4 nitrogen and oxygen atoms in total. The predicted octanol–water partition coefficient (Wildman–Crippen LogP) is 1.40. The van der Waals surface area contributed by atoms with Crippen LogP contribution in [-0.4, -0.2) is 27.1 Å². The van der Waals surface area contributed by atoms with E-state index in [1.807, 2.05) is 6.26 Å². The first-order chi connectivity index (χ1) is 5.77. The minimum absolute atomic E-state index is 0.493. The lowest BCUT2D eigenvalue weighted by Gasteiger charge is -1.98. The molecule has 0 radical (unpaired) electrons. The van der Waals surface area contributed by atoms with Crippen molar-refractivity contribution < 1.29 is 5.21 Å². The average molecular weight is 183 g/mol. The summed E-state index contributed by atoms with van der Waals surface area (Å²) in [6.45, 7) is 1.69. The molecule has 0 spiro atoms. The summed E-state index contributed by atoms with van der Waals surface area (Å²) in [5, 5.41) is 12.2. The van der Waals surface area contributed by atoms with Gasteiger partial charge >= 0.3 is 0 Å². The molecule has 0 aliphatic heterocycles. The van der Waals surface area contributed by atoms with Crippen molar-refractivity contribution in [2.75, 3.05) is 6.26 Å². The summed E-state index contributed by atoms with van der Waals surface area (Å²) >= 11 is 1.45. The highest BCUT2D eigenvalue weighted by molar-refractivity contribution is 7.98. The highest BCUT2D eigenvalue weighted by Crippen LogP contribution is 2.07. The molecule has 1 rings (SSSR count). The van der Waals surface area contributed by atoms with E-state index in [-0.39, 0.29) is 0 Å². The zero-order valence-electron chi connectivity index (χ0n) is 6.85. The van der Waals surface area contributed by atoms with Crippen molar-refractivity contribution in [2.45, 2.75) is 12.1 Å². The van der Waals surface area contributed by atoms with Gasteiger partial charge in [0.05, 0.1) is 5.69 Å². The number of hydrogen-bond acceptors (Lipinski definition) is 5. The van der Waals surface area contributed by atoms with Gasteiger partial charge in [0, 0.05) is 6.20 Å². The highest BCUT2D eigenvalue weighted by Gasteiger charge is 2.00. The first-order valence-corrected chi connectivity index (χ1v) is 4.56. The minimum atomic E-state index is 0.493. The van der Waals surface area contributed by atoms with E-state index in [1.165, 1.54) is 11.8 Å². The fourth-order valence-corrected chi connectivity index (χ4v) is 1.05. The first kappa shape index (κ1) is 8.99. The Morgan fingerprint density at radius 1 is 1.67 bits per heavy atom. The van der Waals surface area contributed by atoms with Gasteiger partial charge in [-0.2, -0.15) is 0 Å². The summed E-state index contributed by atoms with van der Waals surface area (Å²) in [7, 11) is 0. The summed E-state index contributed by atoms with van der Waals surface area (Å²) < 4.78 is 0. The molecule has 0 fully saturated rings. The van der Waals surface area contributed by atoms with Crippen molar-refractivity contribution in [1.82, 2.24) is 9.97 Å². The SMILES string of the molecule is CSc1nccc(C(C)=NO)n1.